The van der Waals surface area contributed by atoms with E-state index in [9.17, 15) is 4.79 Å². The normalized spacial score (nSPS) is 23.6. The zero-order valence-corrected chi connectivity index (χ0v) is 12.7. The molecule has 2 aliphatic rings. The highest BCUT2D eigenvalue weighted by atomic mass is 16.5. The van der Waals surface area contributed by atoms with Crippen molar-refractivity contribution in [1.29, 1.82) is 0 Å². The van der Waals surface area contributed by atoms with Gasteiger partial charge in [-0.3, -0.25) is 9.79 Å². The Morgan fingerprint density at radius 3 is 2.90 bits per heavy atom. The van der Waals surface area contributed by atoms with E-state index in [0.29, 0.717) is 29.4 Å². The minimum absolute atomic E-state index is 0.0175. The van der Waals surface area contributed by atoms with Gasteiger partial charge < -0.3 is 14.4 Å². The predicted octanol–water partition coefficient (Wildman–Crippen LogP) is 2.80. The maximum atomic E-state index is 12.8. The first-order valence-corrected chi connectivity index (χ1v) is 7.31. The number of fused-ring (bicyclic) bond motifs is 2. The fourth-order valence-corrected chi connectivity index (χ4v) is 3.06. The van der Waals surface area contributed by atoms with Crippen molar-refractivity contribution in [3.8, 4) is 11.5 Å². The average Bonchev–Trinajstić information content (AvgIpc) is 2.83. The van der Waals surface area contributed by atoms with Crippen molar-refractivity contribution in [3.63, 3.8) is 0 Å². The Morgan fingerprint density at radius 2 is 2.19 bits per heavy atom. The predicted molar refractivity (Wildman–Crippen MR) is 81.0 cm³/mol. The van der Waals surface area contributed by atoms with E-state index in [4.69, 9.17) is 9.47 Å². The lowest BCUT2D eigenvalue weighted by atomic mass is 10.0. The fourth-order valence-electron chi connectivity index (χ4n) is 3.06. The van der Waals surface area contributed by atoms with Crippen LogP contribution in [0.2, 0.25) is 0 Å². The number of benzene rings is 1. The van der Waals surface area contributed by atoms with Crippen molar-refractivity contribution in [2.75, 3.05) is 20.3 Å². The molecule has 2 heterocycles. The molecule has 0 N–H and O–H groups in total. The van der Waals surface area contributed by atoms with Gasteiger partial charge >= 0.3 is 0 Å². The Morgan fingerprint density at radius 1 is 1.38 bits per heavy atom. The van der Waals surface area contributed by atoms with Crippen molar-refractivity contribution in [3.05, 3.63) is 17.7 Å². The van der Waals surface area contributed by atoms with Crippen LogP contribution in [0.1, 0.15) is 37.0 Å². The molecule has 1 aromatic carbocycles. The van der Waals surface area contributed by atoms with Crippen LogP contribution in [0.25, 0.3) is 0 Å². The first-order valence-electron chi connectivity index (χ1n) is 7.31. The van der Waals surface area contributed by atoms with Gasteiger partial charge in [0.25, 0.3) is 5.91 Å². The first-order chi connectivity index (χ1) is 10.1. The second kappa shape index (κ2) is 5.06. The number of nitrogens with zero attached hydrogens (tertiary/aromatic N) is 2. The molecule has 5 heteroatoms. The molecule has 1 fully saturated rings. The van der Waals surface area contributed by atoms with Gasteiger partial charge in [0.2, 0.25) is 0 Å². The highest BCUT2D eigenvalue weighted by molar-refractivity contribution is 6.04. The van der Waals surface area contributed by atoms with E-state index < -0.39 is 0 Å². The summed E-state index contributed by atoms with van der Waals surface area (Å²) >= 11 is 0. The SMILES string of the molecule is CCOc1cc2c(cc1OC)C(=O)N1CCCC1(C)C=N2. The fraction of sp³-hybridized carbons (Fsp3) is 0.500. The Labute approximate surface area is 124 Å². The van der Waals surface area contributed by atoms with Gasteiger partial charge in [0.1, 0.15) is 0 Å². The summed E-state index contributed by atoms with van der Waals surface area (Å²) in [6, 6.07) is 3.53. The average molecular weight is 288 g/mol. The standard InChI is InChI=1S/C16H20N2O3/c1-4-21-14-9-12-11(8-13(14)20-3)15(19)18-7-5-6-16(18,2)10-17-12/h8-10H,4-7H2,1-3H3. The van der Waals surface area contributed by atoms with Crippen LogP contribution in [0.3, 0.4) is 0 Å². The second-order valence-corrected chi connectivity index (χ2v) is 5.63. The van der Waals surface area contributed by atoms with Crippen molar-refractivity contribution in [2.45, 2.75) is 32.2 Å². The first kappa shape index (κ1) is 13.9. The molecular weight excluding hydrogens is 268 g/mol. The maximum Gasteiger partial charge on any atom is 0.256 e. The number of methoxy groups -OCH3 is 1. The van der Waals surface area contributed by atoms with E-state index in [2.05, 4.69) is 11.9 Å². The summed E-state index contributed by atoms with van der Waals surface area (Å²) in [6.07, 6.45) is 3.86. The van der Waals surface area contributed by atoms with Gasteiger partial charge in [-0.2, -0.15) is 0 Å². The van der Waals surface area contributed by atoms with E-state index in [1.807, 2.05) is 18.0 Å². The molecule has 112 valence electrons. The summed E-state index contributed by atoms with van der Waals surface area (Å²) in [5.41, 5.74) is 0.951. The highest BCUT2D eigenvalue weighted by Gasteiger charge is 2.41. The molecule has 1 atom stereocenters. The van der Waals surface area contributed by atoms with E-state index in [1.54, 1.807) is 19.2 Å². The summed E-state index contributed by atoms with van der Waals surface area (Å²) in [5.74, 6) is 1.21. The molecule has 1 amide bonds. The van der Waals surface area contributed by atoms with E-state index >= 15 is 0 Å². The van der Waals surface area contributed by atoms with E-state index in [0.717, 1.165) is 19.4 Å². The van der Waals surface area contributed by atoms with Crippen LogP contribution in [0, 0.1) is 0 Å². The van der Waals surface area contributed by atoms with Crippen molar-refractivity contribution < 1.29 is 14.3 Å². The van der Waals surface area contributed by atoms with Crippen molar-refractivity contribution in [2.24, 2.45) is 4.99 Å². The molecule has 21 heavy (non-hydrogen) atoms. The molecule has 3 rings (SSSR count). The third-order valence-corrected chi connectivity index (χ3v) is 4.22. The van der Waals surface area contributed by atoms with Crippen molar-refractivity contribution >= 4 is 17.8 Å². The van der Waals surface area contributed by atoms with E-state index in [1.165, 1.54) is 0 Å². The Kier molecular flexibility index (Phi) is 3.35. The van der Waals surface area contributed by atoms with Gasteiger partial charge in [-0.15, -0.1) is 0 Å². The molecule has 5 nitrogen and oxygen atoms in total. The lowest BCUT2D eigenvalue weighted by molar-refractivity contribution is 0.0712. The number of amides is 1. The lowest BCUT2D eigenvalue weighted by Crippen LogP contribution is -2.45. The van der Waals surface area contributed by atoms with Crippen LogP contribution < -0.4 is 9.47 Å². The Balaban J connectivity index is 2.11. The maximum absolute atomic E-state index is 12.8. The van der Waals surface area contributed by atoms with Gasteiger partial charge in [-0.1, -0.05) is 0 Å². The number of ether oxygens (including phenoxy) is 2. The number of aliphatic imine (C=N–C) groups is 1. The van der Waals surface area contributed by atoms with E-state index in [-0.39, 0.29) is 11.4 Å². The molecule has 0 aliphatic carbocycles. The summed E-state index contributed by atoms with van der Waals surface area (Å²) in [6.45, 7) is 5.29. The highest BCUT2D eigenvalue weighted by Crippen LogP contribution is 2.40. The van der Waals surface area contributed by atoms with Gasteiger partial charge in [-0.05, 0) is 32.8 Å². The minimum atomic E-state index is -0.283. The van der Waals surface area contributed by atoms with Crippen molar-refractivity contribution in [1.82, 2.24) is 4.90 Å². The summed E-state index contributed by atoms with van der Waals surface area (Å²) in [4.78, 5) is 19.3. The van der Waals surface area contributed by atoms with Crippen LogP contribution in [0.5, 0.6) is 11.5 Å². The van der Waals surface area contributed by atoms with Crippen LogP contribution in [-0.4, -0.2) is 42.8 Å². The summed E-state index contributed by atoms with van der Waals surface area (Å²) < 4.78 is 10.9. The van der Waals surface area contributed by atoms with Gasteiger partial charge in [0.05, 0.1) is 30.5 Å². The second-order valence-electron chi connectivity index (χ2n) is 5.63. The number of hydrogen-bond acceptors (Lipinski definition) is 4. The molecule has 0 radical (unpaired) electrons. The monoisotopic (exact) mass is 288 g/mol. The third-order valence-electron chi connectivity index (χ3n) is 4.22. The quantitative estimate of drug-likeness (QED) is 0.859. The molecule has 1 aromatic rings. The molecule has 0 bridgehead atoms. The largest absolute Gasteiger partial charge is 0.493 e. The molecule has 1 unspecified atom stereocenters. The van der Waals surface area contributed by atoms with Crippen LogP contribution in [0.4, 0.5) is 5.69 Å². The molecule has 0 spiro atoms. The smallest absolute Gasteiger partial charge is 0.256 e. The summed E-state index contributed by atoms with van der Waals surface area (Å²) in [7, 11) is 1.58. The Hall–Kier alpha value is -2.04. The third kappa shape index (κ3) is 2.17. The number of carbonyl (C=O) groups is 1. The zero-order chi connectivity index (χ0) is 15.0. The van der Waals surface area contributed by atoms with Crippen LogP contribution >= 0.6 is 0 Å². The van der Waals surface area contributed by atoms with Crippen LogP contribution in [0.15, 0.2) is 17.1 Å². The zero-order valence-electron chi connectivity index (χ0n) is 12.7. The number of rotatable bonds is 3. The van der Waals surface area contributed by atoms with Gasteiger partial charge in [-0.25, -0.2) is 0 Å². The number of carbonyl (C=O) groups excluding carboxylic acids is 1. The minimum Gasteiger partial charge on any atom is -0.493 e. The topological polar surface area (TPSA) is 51.1 Å². The lowest BCUT2D eigenvalue weighted by Gasteiger charge is -2.30. The van der Waals surface area contributed by atoms with Crippen LogP contribution in [-0.2, 0) is 0 Å². The molecule has 0 aromatic heterocycles. The van der Waals surface area contributed by atoms with Gasteiger partial charge in [0, 0.05) is 18.8 Å². The molecule has 2 aliphatic heterocycles. The van der Waals surface area contributed by atoms with Gasteiger partial charge in [0.15, 0.2) is 11.5 Å². The Bertz CT molecular complexity index is 612. The summed E-state index contributed by atoms with van der Waals surface area (Å²) in [5, 5.41) is 0. The molecule has 0 saturated carbocycles. The number of hydrogen-bond donors (Lipinski definition) is 0. The molecule has 1 saturated heterocycles. The molecular formula is C16H20N2O3.